The fourth-order valence-electron chi connectivity index (χ4n) is 1.86. The van der Waals surface area contributed by atoms with Gasteiger partial charge in [-0.25, -0.2) is 0 Å². The minimum absolute atomic E-state index is 0.750. The number of thiocarbonyl (C=S) groups is 1. The predicted octanol–water partition coefficient (Wildman–Crippen LogP) is 2.83. The van der Waals surface area contributed by atoms with E-state index in [-0.39, 0.29) is 0 Å². The zero-order chi connectivity index (χ0) is 11.9. The molecule has 1 saturated heterocycles. The number of hydrogen-bond acceptors (Lipinski definition) is 3. The number of hydrogen-bond donors (Lipinski definition) is 1. The lowest BCUT2D eigenvalue weighted by atomic mass is 10.2. The minimum atomic E-state index is 0.750. The maximum Gasteiger partial charge on any atom is 0.189 e. The molecule has 2 heterocycles. The van der Waals surface area contributed by atoms with Crippen molar-refractivity contribution in [1.29, 1.82) is 0 Å². The molecule has 3 nitrogen and oxygen atoms in total. The highest BCUT2D eigenvalue weighted by Gasteiger charge is 2.11. The van der Waals surface area contributed by atoms with E-state index in [1.165, 1.54) is 25.7 Å². The van der Waals surface area contributed by atoms with Crippen molar-refractivity contribution >= 4 is 34.9 Å². The van der Waals surface area contributed by atoms with Crippen LogP contribution in [-0.2, 0) is 0 Å². The van der Waals surface area contributed by atoms with Crippen molar-refractivity contribution in [3.05, 3.63) is 22.4 Å². The summed E-state index contributed by atoms with van der Waals surface area (Å²) in [6, 6.07) is 4.05. The zero-order valence-electron chi connectivity index (χ0n) is 9.76. The second kappa shape index (κ2) is 6.71. The second-order valence-electron chi connectivity index (χ2n) is 4.09. The normalized spacial score (nSPS) is 17.1. The number of rotatable bonds is 2. The van der Waals surface area contributed by atoms with Crippen LogP contribution < -0.4 is 5.43 Å². The van der Waals surface area contributed by atoms with Crippen molar-refractivity contribution in [2.24, 2.45) is 5.10 Å². The molecule has 1 aliphatic heterocycles. The molecule has 1 aromatic rings. The summed E-state index contributed by atoms with van der Waals surface area (Å²) < 4.78 is 0. The van der Waals surface area contributed by atoms with Gasteiger partial charge in [-0.2, -0.15) is 5.10 Å². The van der Waals surface area contributed by atoms with Crippen LogP contribution in [0.5, 0.6) is 0 Å². The van der Waals surface area contributed by atoms with Gasteiger partial charge in [-0.15, -0.1) is 11.3 Å². The van der Waals surface area contributed by atoms with Crippen LogP contribution in [0.25, 0.3) is 0 Å². The lowest BCUT2D eigenvalue weighted by Gasteiger charge is -2.21. The second-order valence-corrected chi connectivity index (χ2v) is 5.46. The van der Waals surface area contributed by atoms with Crippen LogP contribution in [-0.4, -0.2) is 29.3 Å². The molecular weight excluding hydrogens is 250 g/mol. The molecule has 1 aromatic heterocycles. The van der Waals surface area contributed by atoms with Gasteiger partial charge in [0.25, 0.3) is 0 Å². The first-order valence-electron chi connectivity index (χ1n) is 5.98. The Morgan fingerprint density at radius 3 is 2.76 bits per heavy atom. The zero-order valence-corrected chi connectivity index (χ0v) is 11.4. The van der Waals surface area contributed by atoms with Crippen LogP contribution in [0, 0.1) is 0 Å². The van der Waals surface area contributed by atoms with Crippen LogP contribution >= 0.6 is 23.6 Å². The van der Waals surface area contributed by atoms with E-state index in [1.54, 1.807) is 11.3 Å². The first-order valence-corrected chi connectivity index (χ1v) is 7.26. The average Bonchev–Trinajstić information content (AvgIpc) is 2.69. The predicted molar refractivity (Wildman–Crippen MR) is 77.7 cm³/mol. The van der Waals surface area contributed by atoms with Crippen molar-refractivity contribution in [1.82, 2.24) is 10.3 Å². The Morgan fingerprint density at radius 2 is 2.12 bits per heavy atom. The summed E-state index contributed by atoms with van der Waals surface area (Å²) in [6.07, 6.45) is 6.91. The molecule has 0 radical (unpaired) electrons. The highest BCUT2D eigenvalue weighted by Crippen LogP contribution is 2.09. The smallest absolute Gasteiger partial charge is 0.189 e. The number of hydrazone groups is 1. The quantitative estimate of drug-likeness (QED) is 0.507. The Kier molecular flexibility index (Phi) is 4.94. The summed E-state index contributed by atoms with van der Waals surface area (Å²) in [5, 5.41) is 6.96. The Bertz CT molecular complexity index is 365. The molecule has 0 aromatic carbocycles. The third kappa shape index (κ3) is 4.09. The number of nitrogens with one attached hydrogen (secondary N) is 1. The molecule has 0 unspecified atom stereocenters. The SMILES string of the molecule is S=C(N/N=C/c1cccs1)N1CCCCCC1. The van der Waals surface area contributed by atoms with Crippen LogP contribution in [0.2, 0.25) is 0 Å². The number of thiophene rings is 1. The molecule has 1 aliphatic rings. The summed E-state index contributed by atoms with van der Waals surface area (Å²) in [7, 11) is 0. The molecule has 0 saturated carbocycles. The molecule has 1 fully saturated rings. The summed E-state index contributed by atoms with van der Waals surface area (Å²) in [6.45, 7) is 2.11. The van der Waals surface area contributed by atoms with Gasteiger partial charge in [0, 0.05) is 18.0 Å². The van der Waals surface area contributed by atoms with Crippen molar-refractivity contribution in [2.45, 2.75) is 25.7 Å². The van der Waals surface area contributed by atoms with Gasteiger partial charge in [-0.3, -0.25) is 5.43 Å². The summed E-state index contributed by atoms with van der Waals surface area (Å²) in [5.74, 6) is 0. The highest BCUT2D eigenvalue weighted by atomic mass is 32.1. The maximum absolute atomic E-state index is 5.33. The number of nitrogens with zero attached hydrogens (tertiary/aromatic N) is 2. The Balaban J connectivity index is 1.80. The van der Waals surface area contributed by atoms with E-state index in [0.717, 1.165) is 23.1 Å². The van der Waals surface area contributed by atoms with Gasteiger partial charge in [-0.05, 0) is 36.5 Å². The van der Waals surface area contributed by atoms with E-state index in [0.29, 0.717) is 0 Å². The van der Waals surface area contributed by atoms with Gasteiger partial charge in [0.2, 0.25) is 0 Å². The molecular formula is C12H17N3S2. The monoisotopic (exact) mass is 267 g/mol. The molecule has 0 spiro atoms. The summed E-state index contributed by atoms with van der Waals surface area (Å²) in [5.41, 5.74) is 2.95. The van der Waals surface area contributed by atoms with Gasteiger partial charge in [0.15, 0.2) is 5.11 Å². The third-order valence-electron chi connectivity index (χ3n) is 2.79. The molecule has 0 atom stereocenters. The van der Waals surface area contributed by atoms with Gasteiger partial charge in [0.1, 0.15) is 0 Å². The highest BCUT2D eigenvalue weighted by molar-refractivity contribution is 7.80. The van der Waals surface area contributed by atoms with Gasteiger partial charge in [0.05, 0.1) is 6.21 Å². The van der Waals surface area contributed by atoms with Crippen LogP contribution in [0.4, 0.5) is 0 Å². The summed E-state index contributed by atoms with van der Waals surface area (Å²) >= 11 is 7.00. The van der Waals surface area contributed by atoms with Crippen molar-refractivity contribution in [2.75, 3.05) is 13.1 Å². The van der Waals surface area contributed by atoms with Crippen molar-refractivity contribution in [3.8, 4) is 0 Å². The lowest BCUT2D eigenvalue weighted by Crippen LogP contribution is -2.37. The first-order chi connectivity index (χ1) is 8.36. The third-order valence-corrected chi connectivity index (χ3v) is 3.94. The fraction of sp³-hybridized carbons (Fsp3) is 0.500. The van der Waals surface area contributed by atoms with Crippen molar-refractivity contribution < 1.29 is 0 Å². The minimum Gasteiger partial charge on any atom is -0.348 e. The maximum atomic E-state index is 5.33. The molecule has 92 valence electrons. The van der Waals surface area contributed by atoms with Gasteiger partial charge < -0.3 is 4.90 Å². The molecule has 0 amide bonds. The molecule has 5 heteroatoms. The molecule has 2 rings (SSSR count). The van der Waals surface area contributed by atoms with Crippen LogP contribution in [0.3, 0.4) is 0 Å². The fourth-order valence-corrected chi connectivity index (χ4v) is 2.68. The van der Waals surface area contributed by atoms with E-state index in [4.69, 9.17) is 12.2 Å². The number of likely N-dealkylation sites (tertiary alicyclic amines) is 1. The topological polar surface area (TPSA) is 27.6 Å². The first kappa shape index (κ1) is 12.5. The lowest BCUT2D eigenvalue weighted by molar-refractivity contribution is 0.428. The van der Waals surface area contributed by atoms with Gasteiger partial charge >= 0.3 is 0 Å². The molecule has 1 N–H and O–H groups in total. The molecule has 0 aliphatic carbocycles. The van der Waals surface area contributed by atoms with Crippen LogP contribution in [0.1, 0.15) is 30.6 Å². The van der Waals surface area contributed by atoms with E-state index in [9.17, 15) is 0 Å². The largest absolute Gasteiger partial charge is 0.348 e. The van der Waals surface area contributed by atoms with Crippen LogP contribution in [0.15, 0.2) is 22.6 Å². The Labute approximate surface area is 112 Å². The van der Waals surface area contributed by atoms with E-state index in [2.05, 4.69) is 15.4 Å². The molecule has 17 heavy (non-hydrogen) atoms. The Hall–Kier alpha value is -0.940. The summed E-state index contributed by atoms with van der Waals surface area (Å²) in [4.78, 5) is 3.35. The Morgan fingerprint density at radius 1 is 1.35 bits per heavy atom. The standard InChI is InChI=1S/C12H17N3S2/c16-12(15-7-3-1-2-4-8-15)14-13-10-11-6-5-9-17-11/h5-6,9-10H,1-4,7-8H2,(H,14,16)/b13-10+. The molecule has 0 bridgehead atoms. The van der Waals surface area contributed by atoms with E-state index < -0.39 is 0 Å². The van der Waals surface area contributed by atoms with Gasteiger partial charge in [-0.1, -0.05) is 18.9 Å². The van der Waals surface area contributed by atoms with E-state index in [1.807, 2.05) is 23.7 Å². The average molecular weight is 267 g/mol. The van der Waals surface area contributed by atoms with E-state index >= 15 is 0 Å². The van der Waals surface area contributed by atoms with Crippen molar-refractivity contribution in [3.63, 3.8) is 0 Å².